The number of nitrogens with zero attached hydrogens (tertiary/aromatic N) is 1. The molecule has 0 radical (unpaired) electrons. The second kappa shape index (κ2) is 7.39. The predicted octanol–water partition coefficient (Wildman–Crippen LogP) is 4.68. The van der Waals surface area contributed by atoms with Gasteiger partial charge in [-0.2, -0.15) is 8.78 Å². The second-order valence-electron chi connectivity index (χ2n) is 4.63. The molecule has 24 heavy (non-hydrogen) atoms. The zero-order chi connectivity index (χ0) is 17.7. The molecule has 1 atom stereocenters. The highest BCUT2D eigenvalue weighted by molar-refractivity contribution is 6.20. The number of rotatable bonds is 7. The Kier molecular flexibility index (Phi) is 5.50. The Balaban J connectivity index is 2.19. The molecule has 0 saturated heterocycles. The van der Waals surface area contributed by atoms with Crippen LogP contribution in [-0.2, 0) is 6.61 Å². The van der Waals surface area contributed by atoms with E-state index in [0.717, 1.165) is 17.7 Å². The highest BCUT2D eigenvalue weighted by Crippen LogP contribution is 2.35. The Morgan fingerprint density at radius 3 is 2.46 bits per heavy atom. The van der Waals surface area contributed by atoms with Gasteiger partial charge in [0.25, 0.3) is 5.63 Å². The van der Waals surface area contributed by atoms with Gasteiger partial charge in [0.15, 0.2) is 5.75 Å². The molecule has 0 saturated carbocycles. The predicted molar refractivity (Wildman–Crippen MR) is 80.2 cm³/mol. The average molecular weight is 362 g/mol. The third-order valence-electron chi connectivity index (χ3n) is 2.87. The summed E-state index contributed by atoms with van der Waals surface area (Å²) in [4.78, 5) is 10.2. The Morgan fingerprint density at radius 2 is 1.88 bits per heavy atom. The van der Waals surface area contributed by atoms with Crippen LogP contribution < -0.4 is 9.47 Å². The third-order valence-corrected chi connectivity index (χ3v) is 3.13. The smallest absolute Gasteiger partial charge is 0.444 e. The van der Waals surface area contributed by atoms with E-state index < -0.39 is 28.1 Å². The Hall–Kier alpha value is -2.48. The normalized spacial score (nSPS) is 12.5. The van der Waals surface area contributed by atoms with Crippen molar-refractivity contribution in [3.8, 4) is 11.5 Å². The molecule has 1 unspecified atom stereocenters. The van der Waals surface area contributed by atoms with Crippen LogP contribution in [0, 0.1) is 10.1 Å². The molecule has 0 aliphatic carbocycles. The largest absolute Gasteiger partial charge is 0.482 e. The third kappa shape index (κ3) is 4.51. The SMILES string of the molecule is O=[N+]([O-])c1cc(OC(F)(F)C(F)Cl)ccc1OCc1ccccc1. The molecule has 128 valence electrons. The first-order chi connectivity index (χ1) is 11.3. The van der Waals surface area contributed by atoms with Crippen molar-refractivity contribution < 1.29 is 27.6 Å². The zero-order valence-electron chi connectivity index (χ0n) is 12.0. The van der Waals surface area contributed by atoms with Crippen molar-refractivity contribution in [1.29, 1.82) is 0 Å². The minimum absolute atomic E-state index is 0.0479. The van der Waals surface area contributed by atoms with Gasteiger partial charge < -0.3 is 9.47 Å². The number of nitro groups is 1. The van der Waals surface area contributed by atoms with Crippen LogP contribution >= 0.6 is 11.6 Å². The molecular weight excluding hydrogens is 351 g/mol. The van der Waals surface area contributed by atoms with E-state index in [2.05, 4.69) is 16.3 Å². The molecule has 0 amide bonds. The first kappa shape index (κ1) is 17.9. The fourth-order valence-electron chi connectivity index (χ4n) is 1.76. The summed E-state index contributed by atoms with van der Waals surface area (Å²) in [6.07, 6.45) is -4.32. The summed E-state index contributed by atoms with van der Waals surface area (Å²) in [6, 6.07) is 11.7. The number of nitro benzene ring substituents is 1. The number of halogens is 4. The summed E-state index contributed by atoms with van der Waals surface area (Å²) >= 11 is 4.67. The summed E-state index contributed by atoms with van der Waals surface area (Å²) in [7, 11) is 0. The van der Waals surface area contributed by atoms with Gasteiger partial charge in [-0.15, -0.1) is 0 Å². The monoisotopic (exact) mass is 361 g/mol. The average Bonchev–Trinajstić information content (AvgIpc) is 2.54. The molecule has 0 heterocycles. The number of hydrogen-bond acceptors (Lipinski definition) is 4. The molecule has 0 fully saturated rings. The first-order valence-corrected chi connectivity index (χ1v) is 7.03. The first-order valence-electron chi connectivity index (χ1n) is 6.60. The molecule has 0 aliphatic rings. The molecule has 2 aromatic carbocycles. The van der Waals surface area contributed by atoms with Gasteiger partial charge in [-0.05, 0) is 17.7 Å². The number of alkyl halides is 4. The highest BCUT2D eigenvalue weighted by atomic mass is 35.5. The van der Waals surface area contributed by atoms with Crippen LogP contribution in [0.5, 0.6) is 11.5 Å². The van der Waals surface area contributed by atoms with Gasteiger partial charge in [0.1, 0.15) is 12.4 Å². The molecule has 0 spiro atoms. The number of hydrogen-bond donors (Lipinski definition) is 0. The molecular formula is C15H11ClF3NO4. The van der Waals surface area contributed by atoms with Crippen LogP contribution in [0.15, 0.2) is 48.5 Å². The Bertz CT molecular complexity index is 713. The van der Waals surface area contributed by atoms with E-state index in [1.165, 1.54) is 0 Å². The van der Waals surface area contributed by atoms with Crippen molar-refractivity contribution in [2.45, 2.75) is 18.3 Å². The second-order valence-corrected chi connectivity index (χ2v) is 5.01. The van der Waals surface area contributed by atoms with E-state index in [1.54, 1.807) is 30.3 Å². The van der Waals surface area contributed by atoms with Gasteiger partial charge in [-0.1, -0.05) is 41.9 Å². The van der Waals surface area contributed by atoms with Crippen molar-refractivity contribution >= 4 is 17.3 Å². The van der Waals surface area contributed by atoms with Crippen molar-refractivity contribution in [1.82, 2.24) is 0 Å². The summed E-state index contributed by atoms with van der Waals surface area (Å²) in [5, 5.41) is 11.1. The fourth-order valence-corrected chi connectivity index (χ4v) is 1.81. The van der Waals surface area contributed by atoms with Crippen LogP contribution in [0.3, 0.4) is 0 Å². The van der Waals surface area contributed by atoms with Gasteiger partial charge in [0.2, 0.25) is 0 Å². The lowest BCUT2D eigenvalue weighted by atomic mass is 10.2. The standard InChI is InChI=1S/C15H11ClF3NO4/c16-14(17)15(18,19)24-11-6-7-13(12(8-11)20(21)22)23-9-10-4-2-1-3-5-10/h1-8,14H,9H2. The van der Waals surface area contributed by atoms with E-state index in [9.17, 15) is 23.3 Å². The van der Waals surface area contributed by atoms with E-state index >= 15 is 0 Å². The van der Waals surface area contributed by atoms with Gasteiger partial charge in [0, 0.05) is 0 Å². The van der Waals surface area contributed by atoms with Gasteiger partial charge in [-0.3, -0.25) is 10.1 Å². The highest BCUT2D eigenvalue weighted by Gasteiger charge is 2.42. The zero-order valence-corrected chi connectivity index (χ0v) is 12.8. The Labute approximate surface area is 139 Å². The molecule has 0 aliphatic heterocycles. The van der Waals surface area contributed by atoms with E-state index in [0.29, 0.717) is 6.07 Å². The van der Waals surface area contributed by atoms with Crippen LogP contribution in [0.2, 0.25) is 0 Å². The molecule has 2 aromatic rings. The lowest BCUT2D eigenvalue weighted by molar-refractivity contribution is -0.386. The molecule has 0 N–H and O–H groups in total. The molecule has 2 rings (SSSR count). The van der Waals surface area contributed by atoms with Gasteiger partial charge >= 0.3 is 11.8 Å². The minimum Gasteiger partial charge on any atom is -0.482 e. The van der Waals surface area contributed by atoms with Crippen LogP contribution in [0.25, 0.3) is 0 Å². The van der Waals surface area contributed by atoms with Crippen LogP contribution in [0.4, 0.5) is 18.9 Å². The van der Waals surface area contributed by atoms with E-state index in [4.69, 9.17) is 4.74 Å². The molecule has 0 aromatic heterocycles. The minimum atomic E-state index is -4.32. The fraction of sp³-hybridized carbons (Fsp3) is 0.200. The summed E-state index contributed by atoms with van der Waals surface area (Å²) < 4.78 is 48.2. The van der Waals surface area contributed by atoms with Gasteiger partial charge in [0.05, 0.1) is 11.0 Å². The lowest BCUT2D eigenvalue weighted by Gasteiger charge is -2.17. The van der Waals surface area contributed by atoms with Gasteiger partial charge in [-0.25, -0.2) is 4.39 Å². The van der Waals surface area contributed by atoms with Crippen molar-refractivity contribution in [2.24, 2.45) is 0 Å². The number of ether oxygens (including phenoxy) is 2. The van der Waals surface area contributed by atoms with E-state index in [1.807, 2.05) is 0 Å². The van der Waals surface area contributed by atoms with Crippen molar-refractivity contribution in [2.75, 3.05) is 0 Å². The number of benzene rings is 2. The lowest BCUT2D eigenvalue weighted by Crippen LogP contribution is -2.32. The summed E-state index contributed by atoms with van der Waals surface area (Å²) in [6.45, 7) is 0.0479. The van der Waals surface area contributed by atoms with Crippen molar-refractivity contribution in [3.63, 3.8) is 0 Å². The molecule has 5 nitrogen and oxygen atoms in total. The Morgan fingerprint density at radius 1 is 1.21 bits per heavy atom. The summed E-state index contributed by atoms with van der Waals surface area (Å²) in [5.41, 5.74) is -2.92. The maximum absolute atomic E-state index is 13.1. The maximum Gasteiger partial charge on any atom is 0.444 e. The van der Waals surface area contributed by atoms with Crippen molar-refractivity contribution in [3.05, 3.63) is 64.2 Å². The summed E-state index contributed by atoms with van der Waals surface area (Å²) in [5.74, 6) is -0.746. The molecule has 9 heteroatoms. The molecule has 0 bridgehead atoms. The van der Waals surface area contributed by atoms with Crippen LogP contribution in [0.1, 0.15) is 5.56 Å². The topological polar surface area (TPSA) is 61.6 Å². The van der Waals surface area contributed by atoms with E-state index in [-0.39, 0.29) is 12.4 Å². The quantitative estimate of drug-likeness (QED) is 0.408. The van der Waals surface area contributed by atoms with Crippen LogP contribution in [-0.4, -0.2) is 16.7 Å². The maximum atomic E-state index is 13.1.